The number of aromatic hydroxyl groups is 1. The summed E-state index contributed by atoms with van der Waals surface area (Å²) in [7, 11) is 0. The van der Waals surface area contributed by atoms with Crippen molar-refractivity contribution in [2.75, 3.05) is 18.5 Å². The molecule has 0 bridgehead atoms. The molecule has 0 radical (unpaired) electrons. The molecule has 1 aliphatic heterocycles. The zero-order chi connectivity index (χ0) is 23.6. The van der Waals surface area contributed by atoms with Crippen LogP contribution >= 0.6 is 0 Å². The van der Waals surface area contributed by atoms with Crippen LogP contribution in [0.2, 0.25) is 0 Å². The molecule has 7 heteroatoms. The number of anilines is 1. The minimum Gasteiger partial charge on any atom is -0.504 e. The first-order valence-corrected chi connectivity index (χ1v) is 11.7. The van der Waals surface area contributed by atoms with Gasteiger partial charge in [-0.25, -0.2) is 0 Å². The highest BCUT2D eigenvalue weighted by Crippen LogP contribution is 2.50. The summed E-state index contributed by atoms with van der Waals surface area (Å²) in [5, 5.41) is 24.4. The number of ether oxygens (including phenoxy) is 1. The molecule has 1 saturated carbocycles. The lowest BCUT2D eigenvalue weighted by molar-refractivity contribution is -0.115. The van der Waals surface area contributed by atoms with Crippen LogP contribution in [0.25, 0.3) is 0 Å². The molecule has 176 valence electrons. The second-order valence-electron chi connectivity index (χ2n) is 9.07. The van der Waals surface area contributed by atoms with Gasteiger partial charge >= 0.3 is 0 Å². The summed E-state index contributed by atoms with van der Waals surface area (Å²) >= 11 is 0. The van der Waals surface area contributed by atoms with Crippen LogP contribution in [-0.4, -0.2) is 45.7 Å². The maximum absolute atomic E-state index is 13.7. The summed E-state index contributed by atoms with van der Waals surface area (Å²) < 4.78 is 5.61. The van der Waals surface area contributed by atoms with Gasteiger partial charge in [-0.05, 0) is 62.1 Å². The number of hydrogen-bond acceptors (Lipinski definition) is 5. The predicted octanol–water partition coefficient (Wildman–Crippen LogP) is 4.26. The van der Waals surface area contributed by atoms with E-state index < -0.39 is 5.60 Å². The highest BCUT2D eigenvalue weighted by Gasteiger charge is 2.50. The van der Waals surface area contributed by atoms with E-state index in [4.69, 9.17) is 4.74 Å². The van der Waals surface area contributed by atoms with E-state index in [1.807, 2.05) is 17.9 Å². The number of nitrogens with zero attached hydrogens (tertiary/aromatic N) is 1. The minimum absolute atomic E-state index is 0.0520. The molecule has 1 heterocycles. The van der Waals surface area contributed by atoms with Crippen molar-refractivity contribution < 1.29 is 24.5 Å². The number of aliphatic hydroxyl groups is 1. The molecule has 2 amide bonds. The first kappa shape index (κ1) is 23.1. The third-order valence-corrected chi connectivity index (χ3v) is 6.88. The summed E-state index contributed by atoms with van der Waals surface area (Å²) in [6.45, 7) is 4.11. The van der Waals surface area contributed by atoms with Crippen molar-refractivity contribution in [1.82, 2.24) is 4.90 Å². The fourth-order valence-electron chi connectivity index (χ4n) is 5.41. The van der Waals surface area contributed by atoms with Gasteiger partial charge in [-0.3, -0.25) is 9.59 Å². The summed E-state index contributed by atoms with van der Waals surface area (Å²) in [6.07, 6.45) is 4.06. The average Bonchev–Trinajstić information content (AvgIpc) is 2.79. The average molecular weight is 453 g/mol. The van der Waals surface area contributed by atoms with Crippen molar-refractivity contribution in [3.05, 3.63) is 53.6 Å². The van der Waals surface area contributed by atoms with Gasteiger partial charge in [-0.2, -0.15) is 0 Å². The topological polar surface area (TPSA) is 99.1 Å². The van der Waals surface area contributed by atoms with Crippen molar-refractivity contribution in [2.24, 2.45) is 5.92 Å². The third-order valence-electron chi connectivity index (χ3n) is 6.88. The van der Waals surface area contributed by atoms with Crippen LogP contribution in [0.3, 0.4) is 0 Å². The molecule has 0 spiro atoms. The Hall–Kier alpha value is -3.06. The Morgan fingerprint density at radius 3 is 2.76 bits per heavy atom. The lowest BCUT2D eigenvalue weighted by atomic mass is 9.66. The number of carbonyl (C=O) groups is 2. The Bertz CT molecular complexity index is 1040. The molecule has 1 aliphatic carbocycles. The molecular weight excluding hydrogens is 420 g/mol. The van der Waals surface area contributed by atoms with Gasteiger partial charge in [0.25, 0.3) is 5.91 Å². The maximum atomic E-state index is 13.7. The van der Waals surface area contributed by atoms with Crippen molar-refractivity contribution in [3.63, 3.8) is 0 Å². The standard InChI is InChI=1S/C26H32N2O5/c1-3-33-23-16-18(10-11-22(23)30)24-21-9-4-5-12-26(21,32)13-14-28(24)25(31)19-7-6-8-20(15-19)27-17(2)29/h6-8,10-11,15-16,21,24,30,32H,3-5,9,12-14H2,1-2H3,(H,27,29)/t21-,24-,26+/m0/s1. The normalized spacial score (nSPS) is 24.6. The van der Waals surface area contributed by atoms with Crippen molar-refractivity contribution in [2.45, 2.75) is 57.6 Å². The smallest absolute Gasteiger partial charge is 0.254 e. The predicted molar refractivity (Wildman–Crippen MR) is 125 cm³/mol. The van der Waals surface area contributed by atoms with E-state index in [9.17, 15) is 19.8 Å². The second kappa shape index (κ2) is 9.43. The summed E-state index contributed by atoms with van der Waals surface area (Å²) in [4.78, 5) is 27.0. The summed E-state index contributed by atoms with van der Waals surface area (Å²) in [5.41, 5.74) is 1.07. The van der Waals surface area contributed by atoms with Gasteiger partial charge in [0.2, 0.25) is 5.91 Å². The third kappa shape index (κ3) is 4.69. The Morgan fingerprint density at radius 1 is 1.18 bits per heavy atom. The molecule has 2 aliphatic rings. The number of carbonyl (C=O) groups excluding carboxylic acids is 2. The fourth-order valence-corrected chi connectivity index (χ4v) is 5.41. The Balaban J connectivity index is 1.74. The monoisotopic (exact) mass is 452 g/mol. The number of piperidine rings is 1. The zero-order valence-electron chi connectivity index (χ0n) is 19.2. The van der Waals surface area contributed by atoms with Gasteiger partial charge in [0, 0.05) is 30.6 Å². The number of likely N-dealkylation sites (tertiary alicyclic amines) is 1. The number of amides is 2. The summed E-state index contributed by atoms with van der Waals surface area (Å²) in [5.74, 6) is -0.0289. The molecule has 3 N–H and O–H groups in total. The maximum Gasteiger partial charge on any atom is 0.254 e. The molecule has 33 heavy (non-hydrogen) atoms. The number of phenols is 1. The van der Waals surface area contributed by atoms with Crippen LogP contribution < -0.4 is 10.1 Å². The van der Waals surface area contributed by atoms with Gasteiger partial charge in [-0.15, -0.1) is 0 Å². The summed E-state index contributed by atoms with van der Waals surface area (Å²) in [6, 6.07) is 11.8. The molecular formula is C26H32N2O5. The number of rotatable bonds is 5. The Labute approximate surface area is 194 Å². The number of nitrogens with one attached hydrogen (secondary N) is 1. The van der Waals surface area contributed by atoms with Gasteiger partial charge in [0.1, 0.15) is 0 Å². The first-order valence-electron chi connectivity index (χ1n) is 11.7. The van der Waals surface area contributed by atoms with Gasteiger partial charge in [-0.1, -0.05) is 25.0 Å². The van der Waals surface area contributed by atoms with Crippen LogP contribution in [0.5, 0.6) is 11.5 Å². The van der Waals surface area contributed by atoms with Crippen molar-refractivity contribution >= 4 is 17.5 Å². The van der Waals surface area contributed by atoms with Gasteiger partial charge < -0.3 is 25.2 Å². The molecule has 7 nitrogen and oxygen atoms in total. The number of phenolic OH excluding ortho intramolecular Hbond substituents is 1. The highest BCUT2D eigenvalue weighted by atomic mass is 16.5. The van der Waals surface area contributed by atoms with Crippen LogP contribution in [0, 0.1) is 5.92 Å². The molecule has 2 fully saturated rings. The largest absolute Gasteiger partial charge is 0.504 e. The van der Waals surface area contributed by atoms with E-state index in [0.717, 1.165) is 31.2 Å². The number of benzene rings is 2. The van der Waals surface area contributed by atoms with E-state index >= 15 is 0 Å². The van der Waals surface area contributed by atoms with Crippen molar-refractivity contribution in [1.29, 1.82) is 0 Å². The lowest BCUT2D eigenvalue weighted by Crippen LogP contribution is -2.56. The van der Waals surface area contributed by atoms with E-state index in [-0.39, 0.29) is 29.5 Å². The highest BCUT2D eigenvalue weighted by molar-refractivity contribution is 5.97. The van der Waals surface area contributed by atoms with E-state index in [0.29, 0.717) is 36.6 Å². The van der Waals surface area contributed by atoms with Crippen LogP contribution in [-0.2, 0) is 4.79 Å². The Morgan fingerprint density at radius 2 is 2.00 bits per heavy atom. The molecule has 1 saturated heterocycles. The van der Waals surface area contributed by atoms with E-state index in [2.05, 4.69) is 5.32 Å². The van der Waals surface area contributed by atoms with Crippen molar-refractivity contribution in [3.8, 4) is 11.5 Å². The second-order valence-corrected chi connectivity index (χ2v) is 9.07. The molecule has 0 unspecified atom stereocenters. The molecule has 2 aromatic rings. The van der Waals surface area contributed by atoms with Crippen LogP contribution in [0.1, 0.15) is 67.9 Å². The van der Waals surface area contributed by atoms with Gasteiger partial charge in [0.15, 0.2) is 11.5 Å². The van der Waals surface area contributed by atoms with Crippen LogP contribution in [0.4, 0.5) is 5.69 Å². The SMILES string of the molecule is CCOc1cc([C@H]2[C@@H]3CCCC[C@@]3(O)CCN2C(=O)c2cccc(NC(C)=O)c2)ccc1O. The minimum atomic E-state index is -0.818. The zero-order valence-corrected chi connectivity index (χ0v) is 19.2. The number of hydrogen-bond donors (Lipinski definition) is 3. The molecule has 4 rings (SSSR count). The van der Waals surface area contributed by atoms with E-state index in [1.54, 1.807) is 36.4 Å². The quantitative estimate of drug-likeness (QED) is 0.630. The van der Waals surface area contributed by atoms with Gasteiger partial charge in [0.05, 0.1) is 18.2 Å². The fraction of sp³-hybridized carbons (Fsp3) is 0.462. The van der Waals surface area contributed by atoms with E-state index in [1.165, 1.54) is 6.92 Å². The molecule has 0 aromatic heterocycles. The number of fused-ring (bicyclic) bond motifs is 1. The Kier molecular flexibility index (Phi) is 6.61. The lowest BCUT2D eigenvalue weighted by Gasteiger charge is -2.52. The molecule has 2 aromatic carbocycles. The first-order chi connectivity index (χ1) is 15.8. The van der Waals surface area contributed by atoms with Crippen LogP contribution in [0.15, 0.2) is 42.5 Å². The molecule has 3 atom stereocenters.